The summed E-state index contributed by atoms with van der Waals surface area (Å²) in [7, 11) is 0. The van der Waals surface area contributed by atoms with Crippen LogP contribution in [-0.2, 0) is 0 Å². The first-order valence-electron chi connectivity index (χ1n) is 6.93. The number of ether oxygens (including phenoxy) is 1. The Bertz CT molecular complexity index is 651. The number of benzene rings is 1. The second-order valence-corrected chi connectivity index (χ2v) is 5.47. The molecule has 0 amide bonds. The lowest BCUT2D eigenvalue weighted by Crippen LogP contribution is -2.23. The molecule has 2 heterocycles. The highest BCUT2D eigenvalue weighted by Crippen LogP contribution is 2.37. The van der Waals surface area contributed by atoms with Crippen molar-refractivity contribution in [2.75, 3.05) is 13.1 Å². The van der Waals surface area contributed by atoms with Gasteiger partial charge in [-0.2, -0.15) is 0 Å². The van der Waals surface area contributed by atoms with Crippen LogP contribution in [0.15, 0.2) is 30.7 Å². The van der Waals surface area contributed by atoms with Crippen LogP contribution >= 0.6 is 11.6 Å². The lowest BCUT2D eigenvalue weighted by atomic mass is 9.99. The van der Waals surface area contributed by atoms with E-state index in [4.69, 9.17) is 16.3 Å². The van der Waals surface area contributed by atoms with Crippen LogP contribution in [0, 0.1) is 17.6 Å². The summed E-state index contributed by atoms with van der Waals surface area (Å²) < 4.78 is 33.3. The zero-order chi connectivity index (χ0) is 15.5. The standard InChI is InChI=1S/C15H14ClF2N3O/c16-13-10(17)1-2-11(18)15(13)22-14(9-3-4-19-7-9)12-8-20-5-6-21-12/h1-2,5-6,8-9,14,19H,3-4,7H2/t9-,14-/m0/s1. The Morgan fingerprint density at radius 1 is 1.27 bits per heavy atom. The van der Waals surface area contributed by atoms with Gasteiger partial charge in [0.2, 0.25) is 0 Å². The summed E-state index contributed by atoms with van der Waals surface area (Å²) in [6, 6.07) is 1.97. The minimum absolute atomic E-state index is 0.0791. The van der Waals surface area contributed by atoms with Gasteiger partial charge in [-0.05, 0) is 25.1 Å². The molecule has 1 aromatic carbocycles. The largest absolute Gasteiger partial charge is 0.479 e. The SMILES string of the molecule is Fc1ccc(F)c(O[C@H](c2cnccn2)[C@H]2CCNC2)c1Cl. The average molecular weight is 326 g/mol. The van der Waals surface area contributed by atoms with Gasteiger partial charge in [0.15, 0.2) is 11.6 Å². The fourth-order valence-electron chi connectivity index (χ4n) is 2.53. The van der Waals surface area contributed by atoms with Crippen LogP contribution in [0.3, 0.4) is 0 Å². The molecule has 2 atom stereocenters. The molecule has 1 N–H and O–H groups in total. The van der Waals surface area contributed by atoms with Gasteiger partial charge in [-0.3, -0.25) is 9.97 Å². The van der Waals surface area contributed by atoms with E-state index in [0.29, 0.717) is 12.2 Å². The van der Waals surface area contributed by atoms with Crippen LogP contribution in [0.2, 0.25) is 5.02 Å². The highest BCUT2D eigenvalue weighted by molar-refractivity contribution is 6.32. The van der Waals surface area contributed by atoms with E-state index in [-0.39, 0.29) is 16.7 Å². The molecule has 7 heteroatoms. The number of aromatic nitrogens is 2. The van der Waals surface area contributed by atoms with Gasteiger partial charge in [0.1, 0.15) is 16.9 Å². The van der Waals surface area contributed by atoms with Crippen LogP contribution in [0.5, 0.6) is 5.75 Å². The molecule has 22 heavy (non-hydrogen) atoms. The minimum atomic E-state index is -0.722. The lowest BCUT2D eigenvalue weighted by Gasteiger charge is -2.24. The van der Waals surface area contributed by atoms with E-state index >= 15 is 0 Å². The van der Waals surface area contributed by atoms with Gasteiger partial charge in [-0.15, -0.1) is 0 Å². The Hall–Kier alpha value is -1.79. The zero-order valence-corrected chi connectivity index (χ0v) is 12.4. The van der Waals surface area contributed by atoms with Crippen molar-refractivity contribution in [3.8, 4) is 5.75 Å². The van der Waals surface area contributed by atoms with E-state index in [9.17, 15) is 8.78 Å². The molecule has 0 unspecified atom stereocenters. The second kappa shape index (κ2) is 6.54. The number of hydrogen-bond acceptors (Lipinski definition) is 4. The lowest BCUT2D eigenvalue weighted by molar-refractivity contribution is 0.133. The van der Waals surface area contributed by atoms with Crippen molar-refractivity contribution >= 4 is 11.6 Å². The van der Waals surface area contributed by atoms with Gasteiger partial charge in [0.25, 0.3) is 0 Å². The number of hydrogen-bond donors (Lipinski definition) is 1. The highest BCUT2D eigenvalue weighted by Gasteiger charge is 2.31. The predicted octanol–water partition coefficient (Wildman–Crippen LogP) is 3.14. The maximum absolute atomic E-state index is 14.0. The summed E-state index contributed by atoms with van der Waals surface area (Å²) in [4.78, 5) is 8.24. The third-order valence-corrected chi connectivity index (χ3v) is 4.00. The first kappa shape index (κ1) is 15.1. The molecule has 1 aliphatic heterocycles. The first-order valence-corrected chi connectivity index (χ1v) is 7.31. The van der Waals surface area contributed by atoms with Crippen LogP contribution in [-0.4, -0.2) is 23.1 Å². The average Bonchev–Trinajstić information content (AvgIpc) is 3.06. The molecule has 1 saturated heterocycles. The molecule has 1 fully saturated rings. The summed E-state index contributed by atoms with van der Waals surface area (Å²) in [6.07, 6.45) is 4.95. The molecule has 0 spiro atoms. The minimum Gasteiger partial charge on any atom is -0.479 e. The molecular weight excluding hydrogens is 312 g/mol. The molecule has 1 aromatic heterocycles. The number of halogens is 3. The van der Waals surface area contributed by atoms with E-state index in [1.807, 2.05) is 0 Å². The van der Waals surface area contributed by atoms with E-state index in [1.54, 1.807) is 12.4 Å². The van der Waals surface area contributed by atoms with Crippen LogP contribution in [0.4, 0.5) is 8.78 Å². The molecule has 1 aliphatic rings. The summed E-state index contributed by atoms with van der Waals surface area (Å²) in [5.41, 5.74) is 0.566. The number of nitrogens with one attached hydrogen (secondary N) is 1. The zero-order valence-electron chi connectivity index (χ0n) is 11.6. The molecular formula is C15H14ClF2N3O. The normalized spacial score (nSPS) is 19.1. The summed E-state index contributed by atoms with van der Waals surface area (Å²) in [5.74, 6) is -1.63. The van der Waals surface area contributed by atoms with Gasteiger partial charge in [-0.25, -0.2) is 8.78 Å². The predicted molar refractivity (Wildman–Crippen MR) is 77.7 cm³/mol. The summed E-state index contributed by atoms with van der Waals surface area (Å²) in [6.45, 7) is 1.54. The quantitative estimate of drug-likeness (QED) is 0.877. The molecule has 3 rings (SSSR count). The fraction of sp³-hybridized carbons (Fsp3) is 0.333. The van der Waals surface area contributed by atoms with Crippen molar-refractivity contribution in [3.63, 3.8) is 0 Å². The Balaban J connectivity index is 1.95. The van der Waals surface area contributed by atoms with Crippen LogP contribution in [0.1, 0.15) is 18.2 Å². The second-order valence-electron chi connectivity index (χ2n) is 5.09. The molecule has 4 nitrogen and oxygen atoms in total. The summed E-state index contributed by atoms with van der Waals surface area (Å²) >= 11 is 5.85. The van der Waals surface area contributed by atoms with Gasteiger partial charge >= 0.3 is 0 Å². The number of nitrogens with zero attached hydrogens (tertiary/aromatic N) is 2. The van der Waals surface area contributed by atoms with Crippen molar-refractivity contribution in [3.05, 3.63) is 53.1 Å². The van der Waals surface area contributed by atoms with Crippen molar-refractivity contribution in [1.29, 1.82) is 0 Å². The highest BCUT2D eigenvalue weighted by atomic mass is 35.5. The topological polar surface area (TPSA) is 47.0 Å². The van der Waals surface area contributed by atoms with Gasteiger partial charge < -0.3 is 10.1 Å². The van der Waals surface area contributed by atoms with E-state index < -0.39 is 17.7 Å². The number of rotatable bonds is 4. The van der Waals surface area contributed by atoms with Crippen molar-refractivity contribution in [1.82, 2.24) is 15.3 Å². The smallest absolute Gasteiger partial charge is 0.177 e. The van der Waals surface area contributed by atoms with E-state index in [0.717, 1.165) is 25.1 Å². The maximum atomic E-state index is 14.0. The van der Waals surface area contributed by atoms with Crippen molar-refractivity contribution in [2.24, 2.45) is 5.92 Å². The Kier molecular flexibility index (Phi) is 4.49. The third kappa shape index (κ3) is 3.03. The van der Waals surface area contributed by atoms with Crippen molar-refractivity contribution in [2.45, 2.75) is 12.5 Å². The Morgan fingerprint density at radius 3 is 2.77 bits per heavy atom. The third-order valence-electron chi connectivity index (χ3n) is 3.65. The summed E-state index contributed by atoms with van der Waals surface area (Å²) in [5, 5.41) is 2.86. The first-order chi connectivity index (χ1) is 10.7. The van der Waals surface area contributed by atoms with E-state index in [1.165, 1.54) is 6.20 Å². The molecule has 0 saturated carbocycles. The molecule has 0 radical (unpaired) electrons. The Labute approximate surface area is 131 Å². The van der Waals surface area contributed by atoms with Gasteiger partial charge in [0.05, 0.1) is 11.9 Å². The molecule has 0 aliphatic carbocycles. The van der Waals surface area contributed by atoms with Crippen LogP contribution < -0.4 is 10.1 Å². The van der Waals surface area contributed by atoms with Gasteiger partial charge in [0, 0.05) is 24.9 Å². The molecule has 2 aromatic rings. The van der Waals surface area contributed by atoms with E-state index in [2.05, 4.69) is 15.3 Å². The molecule has 116 valence electrons. The fourth-order valence-corrected chi connectivity index (χ4v) is 2.73. The van der Waals surface area contributed by atoms with Crippen LogP contribution in [0.25, 0.3) is 0 Å². The maximum Gasteiger partial charge on any atom is 0.177 e. The van der Waals surface area contributed by atoms with Gasteiger partial charge in [-0.1, -0.05) is 11.6 Å². The molecule has 0 bridgehead atoms. The Morgan fingerprint density at radius 2 is 2.09 bits per heavy atom. The van der Waals surface area contributed by atoms with Crippen molar-refractivity contribution < 1.29 is 13.5 Å². The monoisotopic (exact) mass is 325 g/mol.